The second-order valence-corrected chi connectivity index (χ2v) is 5.49. The predicted octanol–water partition coefficient (Wildman–Crippen LogP) is 0.546. The molecular weight excluding hydrogens is 264 g/mol. The van der Waals surface area contributed by atoms with E-state index in [1.165, 1.54) is 12.0 Å². The van der Waals surface area contributed by atoms with Crippen molar-refractivity contribution in [3.8, 4) is 0 Å². The van der Waals surface area contributed by atoms with E-state index in [-0.39, 0.29) is 17.9 Å². The molecule has 0 spiro atoms. The third-order valence-corrected chi connectivity index (χ3v) is 3.69. The maximum absolute atomic E-state index is 12.0. The molecule has 7 nitrogen and oxygen atoms in total. The van der Waals surface area contributed by atoms with E-state index in [4.69, 9.17) is 5.11 Å². The molecule has 0 saturated carbocycles. The molecule has 1 heterocycles. The van der Waals surface area contributed by atoms with Gasteiger partial charge in [0, 0.05) is 19.0 Å². The van der Waals surface area contributed by atoms with E-state index in [2.05, 4.69) is 10.1 Å². The molecule has 114 valence electrons. The lowest BCUT2D eigenvalue weighted by atomic mass is 9.87. The van der Waals surface area contributed by atoms with Gasteiger partial charge in [0.2, 0.25) is 0 Å². The largest absolute Gasteiger partial charge is 0.481 e. The SMILES string of the molecule is COC(=O)C(NC(=O)N1CC(C(C)C(=O)O)C1)C(C)C. The summed E-state index contributed by atoms with van der Waals surface area (Å²) in [4.78, 5) is 35.8. The Morgan fingerprint density at radius 3 is 2.20 bits per heavy atom. The van der Waals surface area contributed by atoms with Crippen molar-refractivity contribution in [3.05, 3.63) is 0 Å². The zero-order chi connectivity index (χ0) is 15.4. The van der Waals surface area contributed by atoms with Gasteiger partial charge in [0.1, 0.15) is 6.04 Å². The van der Waals surface area contributed by atoms with Crippen LogP contribution in [0.5, 0.6) is 0 Å². The van der Waals surface area contributed by atoms with Gasteiger partial charge in [-0.15, -0.1) is 0 Å². The molecule has 0 bridgehead atoms. The van der Waals surface area contributed by atoms with Crippen LogP contribution in [-0.4, -0.2) is 54.2 Å². The number of nitrogens with zero attached hydrogens (tertiary/aromatic N) is 1. The van der Waals surface area contributed by atoms with Crippen molar-refractivity contribution >= 4 is 18.0 Å². The molecule has 2 atom stereocenters. The Balaban J connectivity index is 2.49. The number of aliphatic carboxylic acids is 1. The number of carboxylic acids is 1. The van der Waals surface area contributed by atoms with Crippen LogP contribution in [0.25, 0.3) is 0 Å². The molecule has 1 aliphatic rings. The highest BCUT2D eigenvalue weighted by molar-refractivity contribution is 5.84. The topological polar surface area (TPSA) is 95.9 Å². The molecule has 1 fully saturated rings. The molecule has 1 aliphatic heterocycles. The van der Waals surface area contributed by atoms with Gasteiger partial charge in [0.05, 0.1) is 13.0 Å². The van der Waals surface area contributed by atoms with Crippen molar-refractivity contribution in [2.45, 2.75) is 26.8 Å². The van der Waals surface area contributed by atoms with Gasteiger partial charge < -0.3 is 20.1 Å². The van der Waals surface area contributed by atoms with Crippen LogP contribution in [0.2, 0.25) is 0 Å². The van der Waals surface area contributed by atoms with Crippen LogP contribution in [0.4, 0.5) is 4.79 Å². The van der Waals surface area contributed by atoms with Crippen LogP contribution >= 0.6 is 0 Å². The number of nitrogens with one attached hydrogen (secondary N) is 1. The van der Waals surface area contributed by atoms with Crippen molar-refractivity contribution in [1.29, 1.82) is 0 Å². The Labute approximate surface area is 118 Å². The molecule has 1 saturated heterocycles. The maximum Gasteiger partial charge on any atom is 0.328 e. The quantitative estimate of drug-likeness (QED) is 0.719. The molecule has 0 aromatic rings. The summed E-state index contributed by atoms with van der Waals surface area (Å²) in [6.07, 6.45) is 0. The molecule has 2 amide bonds. The highest BCUT2D eigenvalue weighted by Crippen LogP contribution is 2.24. The van der Waals surface area contributed by atoms with Gasteiger partial charge in [-0.1, -0.05) is 20.8 Å². The van der Waals surface area contributed by atoms with Gasteiger partial charge in [0.25, 0.3) is 0 Å². The summed E-state index contributed by atoms with van der Waals surface area (Å²) in [7, 11) is 1.28. The fourth-order valence-electron chi connectivity index (χ4n) is 2.05. The third-order valence-electron chi connectivity index (χ3n) is 3.69. The van der Waals surface area contributed by atoms with Crippen molar-refractivity contribution < 1.29 is 24.2 Å². The first-order valence-electron chi connectivity index (χ1n) is 6.64. The number of rotatable bonds is 5. The van der Waals surface area contributed by atoms with Crippen LogP contribution in [0.1, 0.15) is 20.8 Å². The smallest absolute Gasteiger partial charge is 0.328 e. The summed E-state index contributed by atoms with van der Waals surface area (Å²) >= 11 is 0. The number of ether oxygens (including phenoxy) is 1. The lowest BCUT2D eigenvalue weighted by molar-refractivity contribution is -0.144. The number of carbonyl (C=O) groups excluding carboxylic acids is 2. The molecule has 7 heteroatoms. The minimum absolute atomic E-state index is 0.0334. The first-order chi connectivity index (χ1) is 9.27. The molecule has 2 N–H and O–H groups in total. The van der Waals surface area contributed by atoms with Crippen LogP contribution < -0.4 is 5.32 Å². The summed E-state index contributed by atoms with van der Waals surface area (Å²) in [6.45, 7) is 6.05. The summed E-state index contributed by atoms with van der Waals surface area (Å²) in [6, 6.07) is -1.05. The standard InChI is InChI=1S/C13H22N2O5/c1-7(2)10(12(18)20-4)14-13(19)15-5-9(6-15)8(3)11(16)17/h7-10H,5-6H2,1-4H3,(H,14,19)(H,16,17). The maximum atomic E-state index is 12.0. The third kappa shape index (κ3) is 3.61. The number of hydrogen-bond donors (Lipinski definition) is 2. The normalized spacial score (nSPS) is 18.1. The second-order valence-electron chi connectivity index (χ2n) is 5.49. The van der Waals surface area contributed by atoms with E-state index >= 15 is 0 Å². The molecule has 0 radical (unpaired) electrons. The number of esters is 1. The highest BCUT2D eigenvalue weighted by Gasteiger charge is 2.38. The number of amides is 2. The Morgan fingerprint density at radius 2 is 1.80 bits per heavy atom. The van der Waals surface area contributed by atoms with Crippen molar-refractivity contribution in [3.63, 3.8) is 0 Å². The summed E-state index contributed by atoms with van der Waals surface area (Å²) in [5, 5.41) is 11.5. The van der Waals surface area contributed by atoms with Gasteiger partial charge in [-0.3, -0.25) is 4.79 Å². The van der Waals surface area contributed by atoms with E-state index in [9.17, 15) is 14.4 Å². The average Bonchev–Trinajstić information content (AvgIpc) is 2.32. The number of carboxylic acid groups (broad SMARTS) is 1. The Morgan fingerprint density at radius 1 is 1.25 bits per heavy atom. The van der Waals surface area contributed by atoms with Gasteiger partial charge in [0.15, 0.2) is 0 Å². The fourth-order valence-corrected chi connectivity index (χ4v) is 2.05. The Hall–Kier alpha value is -1.79. The first-order valence-corrected chi connectivity index (χ1v) is 6.64. The fraction of sp³-hybridized carbons (Fsp3) is 0.769. The zero-order valence-electron chi connectivity index (χ0n) is 12.3. The average molecular weight is 286 g/mol. The van der Waals surface area contributed by atoms with Crippen molar-refractivity contribution in [2.75, 3.05) is 20.2 Å². The van der Waals surface area contributed by atoms with Crippen LogP contribution in [0.15, 0.2) is 0 Å². The summed E-state index contributed by atoms with van der Waals surface area (Å²) in [5.74, 6) is -1.93. The Kier molecular flexibility index (Phi) is 5.35. The van der Waals surface area contributed by atoms with Gasteiger partial charge in [-0.05, 0) is 5.92 Å². The van der Waals surface area contributed by atoms with E-state index in [0.29, 0.717) is 13.1 Å². The zero-order valence-corrected chi connectivity index (χ0v) is 12.3. The molecular formula is C13H22N2O5. The first kappa shape index (κ1) is 16.3. The second kappa shape index (κ2) is 6.58. The molecule has 1 rings (SSSR count). The summed E-state index contributed by atoms with van der Waals surface area (Å²) in [5.41, 5.74) is 0. The van der Waals surface area contributed by atoms with Crippen LogP contribution in [0.3, 0.4) is 0 Å². The monoisotopic (exact) mass is 286 g/mol. The number of carbonyl (C=O) groups is 3. The molecule has 2 unspecified atom stereocenters. The van der Waals surface area contributed by atoms with Gasteiger partial charge >= 0.3 is 18.0 Å². The number of likely N-dealkylation sites (tertiary alicyclic amines) is 1. The van der Waals surface area contributed by atoms with Crippen molar-refractivity contribution in [1.82, 2.24) is 10.2 Å². The molecule has 0 aromatic heterocycles. The molecule has 0 aliphatic carbocycles. The van der Waals surface area contributed by atoms with E-state index in [1.807, 2.05) is 13.8 Å². The Bertz CT molecular complexity index is 390. The predicted molar refractivity (Wildman–Crippen MR) is 71.0 cm³/mol. The van der Waals surface area contributed by atoms with Crippen LogP contribution in [0, 0.1) is 17.8 Å². The molecule has 20 heavy (non-hydrogen) atoms. The van der Waals surface area contributed by atoms with E-state index in [0.717, 1.165) is 0 Å². The lowest BCUT2D eigenvalue weighted by Crippen LogP contribution is -2.59. The van der Waals surface area contributed by atoms with Crippen molar-refractivity contribution in [2.24, 2.45) is 17.8 Å². The number of hydrogen-bond acceptors (Lipinski definition) is 4. The van der Waals surface area contributed by atoms with Crippen LogP contribution in [-0.2, 0) is 14.3 Å². The van der Waals surface area contributed by atoms with Gasteiger partial charge in [-0.2, -0.15) is 0 Å². The summed E-state index contributed by atoms with van der Waals surface area (Å²) < 4.78 is 4.65. The minimum Gasteiger partial charge on any atom is -0.481 e. The number of urea groups is 1. The molecule has 0 aromatic carbocycles. The van der Waals surface area contributed by atoms with Gasteiger partial charge in [-0.25, -0.2) is 9.59 Å². The van der Waals surface area contributed by atoms with E-state index in [1.54, 1.807) is 6.92 Å². The minimum atomic E-state index is -0.857. The lowest BCUT2D eigenvalue weighted by Gasteiger charge is -2.41. The van der Waals surface area contributed by atoms with E-state index < -0.39 is 23.9 Å². The number of methoxy groups -OCH3 is 1. The highest BCUT2D eigenvalue weighted by atomic mass is 16.5.